The van der Waals surface area contributed by atoms with E-state index in [0.29, 0.717) is 6.42 Å². The van der Waals surface area contributed by atoms with Crippen molar-refractivity contribution < 1.29 is 19.8 Å². The molecular weight excluding hydrogens is 208 g/mol. The van der Waals surface area contributed by atoms with Gasteiger partial charge < -0.3 is 10.2 Å². The molecule has 1 atom stereocenters. The quantitative estimate of drug-likeness (QED) is 0.537. The Balaban J connectivity index is 4.81. The molecule has 0 bridgehead atoms. The van der Waals surface area contributed by atoms with Crippen LogP contribution in [0.1, 0.15) is 46.0 Å². The number of carboxylic acid groups (broad SMARTS) is 2. The Morgan fingerprint density at radius 2 is 1.88 bits per heavy atom. The molecular formula is C12H18O4. The lowest BCUT2D eigenvalue weighted by atomic mass is 9.82. The van der Waals surface area contributed by atoms with Crippen molar-refractivity contribution in [2.24, 2.45) is 5.41 Å². The summed E-state index contributed by atoms with van der Waals surface area (Å²) in [6.45, 7) is 3.66. The van der Waals surface area contributed by atoms with Gasteiger partial charge in [-0.1, -0.05) is 26.2 Å². The molecule has 1 unspecified atom stereocenters. The van der Waals surface area contributed by atoms with Crippen LogP contribution in [0.25, 0.3) is 0 Å². The fourth-order valence-corrected chi connectivity index (χ4v) is 1.29. The smallest absolute Gasteiger partial charge is 0.322 e. The van der Waals surface area contributed by atoms with Gasteiger partial charge in [-0.25, -0.2) is 0 Å². The Kier molecular flexibility index (Phi) is 6.24. The van der Waals surface area contributed by atoms with Crippen LogP contribution in [0, 0.1) is 17.3 Å². The highest BCUT2D eigenvalue weighted by molar-refractivity contribution is 5.84. The minimum atomic E-state index is -1.43. The zero-order chi connectivity index (χ0) is 12.6. The Bertz CT molecular complexity index is 311. The first-order chi connectivity index (χ1) is 7.48. The number of hydrogen-bond acceptors (Lipinski definition) is 2. The summed E-state index contributed by atoms with van der Waals surface area (Å²) in [4.78, 5) is 21.7. The zero-order valence-electron chi connectivity index (χ0n) is 9.75. The third-order valence-electron chi connectivity index (χ3n) is 2.45. The number of carbonyl (C=O) groups is 2. The molecule has 90 valence electrons. The maximum atomic E-state index is 11.1. The molecule has 0 fully saturated rings. The fraction of sp³-hybridized carbons (Fsp3) is 0.667. The first kappa shape index (κ1) is 14.5. The summed E-state index contributed by atoms with van der Waals surface area (Å²) < 4.78 is 0. The molecule has 0 rings (SSSR count). The molecule has 0 aromatic rings. The van der Waals surface area contributed by atoms with Crippen molar-refractivity contribution in [1.29, 1.82) is 0 Å². The molecule has 0 aliphatic heterocycles. The Morgan fingerprint density at radius 3 is 2.25 bits per heavy atom. The molecule has 0 radical (unpaired) electrons. The van der Waals surface area contributed by atoms with E-state index in [2.05, 4.69) is 11.8 Å². The van der Waals surface area contributed by atoms with Crippen LogP contribution in [0.15, 0.2) is 0 Å². The molecule has 4 heteroatoms. The second-order valence-corrected chi connectivity index (χ2v) is 3.72. The lowest BCUT2D eigenvalue weighted by molar-refractivity contribution is -0.152. The standard InChI is InChI=1S/C12H18O4/c1-3-5-6-7-8-12(4-2,11(15)16)9-10(13)14/h3-6,9H2,1-2H3,(H,13,14)(H,15,16). The van der Waals surface area contributed by atoms with Gasteiger partial charge in [-0.05, 0) is 12.8 Å². The van der Waals surface area contributed by atoms with Gasteiger partial charge in [0.2, 0.25) is 0 Å². The van der Waals surface area contributed by atoms with Crippen LogP contribution in [0.3, 0.4) is 0 Å². The normalized spacial score (nSPS) is 13.4. The van der Waals surface area contributed by atoms with E-state index in [1.54, 1.807) is 6.92 Å². The number of carboxylic acids is 2. The van der Waals surface area contributed by atoms with E-state index in [9.17, 15) is 9.59 Å². The number of hydrogen-bond donors (Lipinski definition) is 2. The number of aliphatic carboxylic acids is 2. The van der Waals surface area contributed by atoms with Gasteiger partial charge in [0.15, 0.2) is 0 Å². The maximum absolute atomic E-state index is 11.1. The molecule has 4 nitrogen and oxygen atoms in total. The van der Waals surface area contributed by atoms with Gasteiger partial charge >= 0.3 is 11.9 Å². The molecule has 0 amide bonds. The van der Waals surface area contributed by atoms with E-state index >= 15 is 0 Å². The second-order valence-electron chi connectivity index (χ2n) is 3.72. The molecule has 0 saturated carbocycles. The van der Waals surface area contributed by atoms with E-state index in [0.717, 1.165) is 12.8 Å². The molecule has 2 N–H and O–H groups in total. The second kappa shape index (κ2) is 6.89. The molecule has 0 aliphatic carbocycles. The van der Waals surface area contributed by atoms with Gasteiger partial charge in [-0.2, -0.15) is 0 Å². The van der Waals surface area contributed by atoms with Gasteiger partial charge in [0.25, 0.3) is 0 Å². The summed E-state index contributed by atoms with van der Waals surface area (Å²) in [5.74, 6) is 3.11. The predicted molar refractivity (Wildman–Crippen MR) is 59.9 cm³/mol. The number of unbranched alkanes of at least 4 members (excludes halogenated alkanes) is 2. The largest absolute Gasteiger partial charge is 0.481 e. The van der Waals surface area contributed by atoms with E-state index < -0.39 is 23.8 Å². The van der Waals surface area contributed by atoms with E-state index in [1.807, 2.05) is 6.92 Å². The summed E-state index contributed by atoms with van der Waals surface area (Å²) in [5, 5.41) is 17.8. The molecule has 16 heavy (non-hydrogen) atoms. The summed E-state index contributed by atoms with van der Waals surface area (Å²) in [7, 11) is 0. The van der Waals surface area contributed by atoms with Gasteiger partial charge in [-0.3, -0.25) is 9.59 Å². The van der Waals surface area contributed by atoms with E-state index in [-0.39, 0.29) is 6.42 Å². The molecule has 0 spiro atoms. The first-order valence-corrected chi connectivity index (χ1v) is 5.43. The van der Waals surface area contributed by atoms with Crippen LogP contribution >= 0.6 is 0 Å². The zero-order valence-corrected chi connectivity index (χ0v) is 9.75. The van der Waals surface area contributed by atoms with Crippen molar-refractivity contribution in [3.8, 4) is 11.8 Å². The predicted octanol–water partition coefficient (Wildman–Crippen LogP) is 2.14. The van der Waals surface area contributed by atoms with E-state index in [4.69, 9.17) is 10.2 Å². The maximum Gasteiger partial charge on any atom is 0.322 e. The topological polar surface area (TPSA) is 74.6 Å². The lowest BCUT2D eigenvalue weighted by Gasteiger charge is -2.19. The number of rotatable bonds is 6. The molecule has 0 saturated heterocycles. The fourth-order valence-electron chi connectivity index (χ4n) is 1.29. The highest BCUT2D eigenvalue weighted by atomic mass is 16.4. The Hall–Kier alpha value is -1.50. The summed E-state index contributed by atoms with van der Waals surface area (Å²) in [5.41, 5.74) is -1.43. The van der Waals surface area contributed by atoms with Gasteiger partial charge in [-0.15, -0.1) is 5.92 Å². The van der Waals surface area contributed by atoms with Crippen molar-refractivity contribution in [2.75, 3.05) is 0 Å². The molecule has 0 aromatic heterocycles. The van der Waals surface area contributed by atoms with Gasteiger partial charge in [0.1, 0.15) is 5.41 Å². The average molecular weight is 226 g/mol. The Labute approximate surface area is 95.7 Å². The molecule has 0 aromatic carbocycles. The summed E-state index contributed by atoms with van der Waals surface area (Å²) >= 11 is 0. The third-order valence-corrected chi connectivity index (χ3v) is 2.45. The minimum absolute atomic E-state index is 0.202. The first-order valence-electron chi connectivity index (χ1n) is 5.43. The van der Waals surface area contributed by atoms with Crippen LogP contribution in [0.2, 0.25) is 0 Å². The monoisotopic (exact) mass is 226 g/mol. The minimum Gasteiger partial charge on any atom is -0.481 e. The van der Waals surface area contributed by atoms with Crippen LogP contribution in [0.4, 0.5) is 0 Å². The highest BCUT2D eigenvalue weighted by Crippen LogP contribution is 2.26. The summed E-state index contributed by atoms with van der Waals surface area (Å²) in [6.07, 6.45) is 2.26. The van der Waals surface area contributed by atoms with Crippen LogP contribution in [-0.4, -0.2) is 22.2 Å². The van der Waals surface area contributed by atoms with Crippen molar-refractivity contribution in [2.45, 2.75) is 46.0 Å². The Morgan fingerprint density at radius 1 is 1.25 bits per heavy atom. The SMILES string of the molecule is CCCCC#CC(CC)(CC(=O)O)C(=O)O. The van der Waals surface area contributed by atoms with E-state index in [1.165, 1.54) is 0 Å². The van der Waals surface area contributed by atoms with Crippen molar-refractivity contribution in [3.63, 3.8) is 0 Å². The van der Waals surface area contributed by atoms with Crippen LogP contribution in [-0.2, 0) is 9.59 Å². The van der Waals surface area contributed by atoms with Crippen molar-refractivity contribution in [1.82, 2.24) is 0 Å². The van der Waals surface area contributed by atoms with Crippen LogP contribution < -0.4 is 0 Å². The third kappa shape index (κ3) is 4.35. The van der Waals surface area contributed by atoms with Crippen molar-refractivity contribution >= 4 is 11.9 Å². The van der Waals surface area contributed by atoms with Crippen molar-refractivity contribution in [3.05, 3.63) is 0 Å². The lowest BCUT2D eigenvalue weighted by Crippen LogP contribution is -2.31. The van der Waals surface area contributed by atoms with Gasteiger partial charge in [0, 0.05) is 6.42 Å². The van der Waals surface area contributed by atoms with Crippen LogP contribution in [0.5, 0.6) is 0 Å². The molecule has 0 aliphatic rings. The molecule has 0 heterocycles. The average Bonchev–Trinajstić information content (AvgIpc) is 2.21. The summed E-state index contributed by atoms with van der Waals surface area (Å²) in [6, 6.07) is 0. The van der Waals surface area contributed by atoms with Gasteiger partial charge in [0.05, 0.1) is 6.42 Å². The highest BCUT2D eigenvalue weighted by Gasteiger charge is 2.37.